The molecule has 1 spiro atoms. The van der Waals surface area contributed by atoms with Gasteiger partial charge in [-0.1, -0.05) is 55.3 Å². The number of hydrogen-bond acceptors (Lipinski definition) is 9. The number of carbonyl (C=O) groups excluding carboxylic acids is 1. The van der Waals surface area contributed by atoms with Crippen LogP contribution in [0.1, 0.15) is 108 Å². The number of ether oxygens (including phenoxy) is 4. The van der Waals surface area contributed by atoms with Crippen LogP contribution < -0.4 is 19.9 Å². The van der Waals surface area contributed by atoms with Crippen LogP contribution in [0.15, 0.2) is 72.8 Å². The van der Waals surface area contributed by atoms with Gasteiger partial charge in [-0.05, 0) is 120 Å². The van der Waals surface area contributed by atoms with E-state index >= 15 is 0 Å². The van der Waals surface area contributed by atoms with Gasteiger partial charge in [-0.2, -0.15) is 0 Å². The molecule has 1 saturated carbocycles. The Morgan fingerprint density at radius 3 is 2.54 bits per heavy atom. The predicted octanol–water partition coefficient (Wildman–Crippen LogP) is 9.02. The highest BCUT2D eigenvalue weighted by molar-refractivity contribution is 5.84. The molecule has 2 aliphatic carbocycles. The number of anilines is 1. The zero-order chi connectivity index (χ0) is 41.0. The zero-order valence-electron chi connectivity index (χ0n) is 34.1. The fraction of sp³-hybridized carbons (Fsp3) is 0.360. The summed E-state index contributed by atoms with van der Waals surface area (Å²) in [7, 11) is 3.17. The second-order valence-electron chi connectivity index (χ2n) is 16.7. The number of fused-ring (bicyclic) bond motifs is 7. The number of carbonyl (C=O) groups is 1. The number of esters is 1. The number of aromatic nitrogens is 1. The van der Waals surface area contributed by atoms with Gasteiger partial charge in [0.05, 0.1) is 20.1 Å². The van der Waals surface area contributed by atoms with Crippen LogP contribution in [-0.4, -0.2) is 42.0 Å². The number of phenols is 2. The number of pyridine rings is 1. The smallest absolute Gasteiger partial charge is 0.302 e. The van der Waals surface area contributed by atoms with Gasteiger partial charge in [0.15, 0.2) is 11.5 Å². The number of nitrogens with zero attached hydrogens (tertiary/aromatic N) is 1. The number of nitrogen functional groups attached to an aromatic ring is 1. The van der Waals surface area contributed by atoms with Gasteiger partial charge in [0.25, 0.3) is 0 Å². The monoisotopic (exact) mass is 790 g/mol. The summed E-state index contributed by atoms with van der Waals surface area (Å²) in [5, 5.41) is 22.2. The van der Waals surface area contributed by atoms with Crippen molar-refractivity contribution in [3.8, 4) is 51.7 Å². The summed E-state index contributed by atoms with van der Waals surface area (Å²) >= 11 is 0. The van der Waals surface area contributed by atoms with E-state index in [1.807, 2.05) is 12.1 Å². The molecular weight excluding hydrogens is 741 g/mol. The number of nitrogens with two attached hydrogens (primary N) is 1. The molecule has 4 bridgehead atoms. The van der Waals surface area contributed by atoms with E-state index in [-0.39, 0.29) is 53.7 Å². The average molecular weight is 791 g/mol. The average Bonchev–Trinajstić information content (AvgIpc) is 3.81. The Kier molecular flexibility index (Phi) is 9.91. The lowest BCUT2D eigenvalue weighted by atomic mass is 9.64. The van der Waals surface area contributed by atoms with E-state index in [0.29, 0.717) is 29.4 Å². The number of rotatable bonds is 8. The van der Waals surface area contributed by atoms with Crippen molar-refractivity contribution >= 4 is 11.8 Å². The molecule has 4 aromatic carbocycles. The van der Waals surface area contributed by atoms with Gasteiger partial charge in [0.1, 0.15) is 41.5 Å². The van der Waals surface area contributed by atoms with Gasteiger partial charge < -0.3 is 34.9 Å². The second kappa shape index (κ2) is 15.2. The van der Waals surface area contributed by atoms with Crippen LogP contribution in [0.4, 0.5) is 5.82 Å². The molecule has 59 heavy (non-hydrogen) atoms. The normalized spacial score (nSPS) is 22.0. The molecule has 2 aliphatic heterocycles. The maximum Gasteiger partial charge on any atom is 0.302 e. The summed E-state index contributed by atoms with van der Waals surface area (Å²) in [6.45, 7) is 3.63. The minimum absolute atomic E-state index is 0.00468. The first-order valence-corrected chi connectivity index (χ1v) is 20.7. The minimum Gasteiger partial charge on any atom is -0.508 e. The molecule has 5 atom stereocenters. The lowest BCUT2D eigenvalue weighted by molar-refractivity contribution is -0.141. The van der Waals surface area contributed by atoms with E-state index in [1.54, 1.807) is 19.2 Å². The molecule has 3 heterocycles. The largest absolute Gasteiger partial charge is 0.508 e. The number of aromatic hydroxyl groups is 2. The fourth-order valence-corrected chi connectivity index (χ4v) is 10.7. The highest BCUT2D eigenvalue weighted by atomic mass is 16.5. The molecule has 9 heteroatoms. The molecule has 4 aliphatic rings. The Labute approximate surface area is 345 Å². The number of benzene rings is 4. The predicted molar refractivity (Wildman–Crippen MR) is 226 cm³/mol. The van der Waals surface area contributed by atoms with Crippen LogP contribution in [0.2, 0.25) is 0 Å². The van der Waals surface area contributed by atoms with Gasteiger partial charge in [0, 0.05) is 47.1 Å². The van der Waals surface area contributed by atoms with E-state index in [0.717, 1.165) is 94.3 Å². The third kappa shape index (κ3) is 6.69. The number of aryl methyl sites for hydroxylation is 2. The first-order chi connectivity index (χ1) is 28.6. The van der Waals surface area contributed by atoms with Crippen LogP contribution in [0.3, 0.4) is 0 Å². The van der Waals surface area contributed by atoms with Gasteiger partial charge in [0.2, 0.25) is 0 Å². The first-order valence-electron chi connectivity index (χ1n) is 20.7. The summed E-state index contributed by atoms with van der Waals surface area (Å²) in [5.41, 5.74) is 17.1. The summed E-state index contributed by atoms with van der Waals surface area (Å²) in [6.07, 6.45) is 5.66. The molecule has 0 amide bonds. The van der Waals surface area contributed by atoms with Gasteiger partial charge in [-0.3, -0.25) is 4.79 Å². The van der Waals surface area contributed by atoms with E-state index in [2.05, 4.69) is 67.3 Å². The minimum atomic E-state index is -0.587. The fourth-order valence-electron chi connectivity index (χ4n) is 10.7. The van der Waals surface area contributed by atoms with E-state index in [4.69, 9.17) is 29.7 Å². The van der Waals surface area contributed by atoms with Gasteiger partial charge in [-0.15, -0.1) is 0 Å². The SMILES string of the molecule is CCc1cc2c(nc1N)C#CCc1cc(O)c(OC)cc1[C@H]1Oc3c(ccc4c3[C@]3(CC[C@H](C3)[C@H]2CCc2ccccc2)Cc2cc(O)cc(OC)c2-4)[C@@H]1COC(C)=O. The Morgan fingerprint density at radius 1 is 0.966 bits per heavy atom. The Balaban J connectivity index is 1.31. The molecule has 0 radical (unpaired) electrons. The van der Waals surface area contributed by atoms with Crippen LogP contribution in [0.25, 0.3) is 11.1 Å². The third-order valence-corrected chi connectivity index (χ3v) is 13.4. The quantitative estimate of drug-likeness (QED) is 0.104. The standard InChI is InChI=1S/C50H50N2O7/c1-5-30-21-39-35(15-14-29-10-7-6-8-11-29)32-18-19-50(25-32)26-33-20-34(54)23-44(57-4)45(33)37-17-16-36-40(27-58-28(2)53)47(59-48(36)46(37)50)38-24-43(56-3)42(55)22-31(38)12-9-13-41(39)52-49(30)51/h6-8,10-11,16-17,20-24,32,35,40,47,54-55H,5,12,14-15,18-19,25-27H2,1-4H3,(H2,51,52)/t32-,35-,40+,47-,50+/m1/s1. The second-order valence-corrected chi connectivity index (χ2v) is 16.7. The van der Waals surface area contributed by atoms with Crippen LogP contribution >= 0.6 is 0 Å². The Hall–Kier alpha value is -6.14. The lowest BCUT2D eigenvalue weighted by Crippen LogP contribution is -2.31. The van der Waals surface area contributed by atoms with Crippen LogP contribution in [0.5, 0.6) is 28.7 Å². The first kappa shape index (κ1) is 38.4. The van der Waals surface area contributed by atoms with Gasteiger partial charge in [-0.25, -0.2) is 4.98 Å². The van der Waals surface area contributed by atoms with Gasteiger partial charge >= 0.3 is 5.97 Å². The Morgan fingerprint density at radius 2 is 1.78 bits per heavy atom. The number of phenolic OH excluding ortho intramolecular Hbond substituents is 2. The molecular formula is C50H50N2O7. The zero-order valence-corrected chi connectivity index (χ0v) is 34.1. The number of methoxy groups -OCH3 is 2. The summed E-state index contributed by atoms with van der Waals surface area (Å²) in [6, 6.07) is 24.3. The van der Waals surface area contributed by atoms with Crippen molar-refractivity contribution in [3.63, 3.8) is 0 Å². The summed E-state index contributed by atoms with van der Waals surface area (Å²) < 4.78 is 24.8. The molecule has 4 N–H and O–H groups in total. The molecule has 5 aromatic rings. The molecule has 9 rings (SSSR count). The highest BCUT2D eigenvalue weighted by Crippen LogP contribution is 2.63. The van der Waals surface area contributed by atoms with Crippen LogP contribution in [-0.2, 0) is 40.6 Å². The maximum absolute atomic E-state index is 12.4. The molecule has 1 fully saturated rings. The maximum atomic E-state index is 12.4. The van der Waals surface area contributed by atoms with Crippen molar-refractivity contribution in [1.82, 2.24) is 4.98 Å². The topological polar surface area (TPSA) is 133 Å². The molecule has 9 nitrogen and oxygen atoms in total. The van der Waals surface area contributed by atoms with E-state index in [9.17, 15) is 15.0 Å². The summed E-state index contributed by atoms with van der Waals surface area (Å²) in [5.74, 6) is 8.92. The van der Waals surface area contributed by atoms with E-state index in [1.165, 1.54) is 19.6 Å². The van der Waals surface area contributed by atoms with Crippen molar-refractivity contribution in [2.75, 3.05) is 26.6 Å². The molecule has 0 unspecified atom stereocenters. The molecule has 302 valence electrons. The highest BCUT2D eigenvalue weighted by Gasteiger charge is 2.52. The Bertz CT molecular complexity index is 2540. The summed E-state index contributed by atoms with van der Waals surface area (Å²) in [4.78, 5) is 17.4. The molecule has 0 saturated heterocycles. The van der Waals surface area contributed by atoms with Crippen molar-refractivity contribution in [1.29, 1.82) is 0 Å². The molecule has 1 aromatic heterocycles. The number of hydrogen-bond donors (Lipinski definition) is 3. The van der Waals surface area contributed by atoms with Crippen molar-refractivity contribution < 1.29 is 34.0 Å². The van der Waals surface area contributed by atoms with Crippen molar-refractivity contribution in [2.45, 2.75) is 88.6 Å². The van der Waals surface area contributed by atoms with Crippen LogP contribution in [0, 0.1) is 17.8 Å². The third-order valence-electron chi connectivity index (χ3n) is 13.4. The van der Waals surface area contributed by atoms with Crippen molar-refractivity contribution in [3.05, 3.63) is 123 Å². The van der Waals surface area contributed by atoms with Crippen molar-refractivity contribution in [2.24, 2.45) is 5.92 Å². The lowest BCUT2D eigenvalue weighted by Gasteiger charge is -2.39. The van der Waals surface area contributed by atoms with E-state index < -0.39 is 6.10 Å².